The van der Waals surface area contributed by atoms with Crippen LogP contribution in [0.5, 0.6) is 0 Å². The van der Waals surface area contributed by atoms with E-state index in [1.807, 2.05) is 0 Å². The molecular weight excluding hydrogens is 252 g/mol. The molecule has 2 rings (SSSR count). The smallest absolute Gasteiger partial charge is 0.220 e. The van der Waals surface area contributed by atoms with Crippen LogP contribution in [-0.4, -0.2) is 37.5 Å². The largest absolute Gasteiger partial charge is 0.315 e. The lowest BCUT2D eigenvalue weighted by atomic mass is 10.1. The van der Waals surface area contributed by atoms with Crippen molar-refractivity contribution in [2.75, 3.05) is 13.1 Å². The van der Waals surface area contributed by atoms with E-state index in [9.17, 15) is 8.42 Å². The molecule has 1 aliphatic rings. The zero-order valence-corrected chi connectivity index (χ0v) is 11.2. The fourth-order valence-electron chi connectivity index (χ4n) is 1.97. The third-order valence-electron chi connectivity index (χ3n) is 3.09. The first-order chi connectivity index (χ1) is 8.59. The van der Waals surface area contributed by atoms with E-state index in [0.29, 0.717) is 12.2 Å². The van der Waals surface area contributed by atoms with Gasteiger partial charge in [0.05, 0.1) is 5.69 Å². The molecule has 0 unspecified atom stereocenters. The summed E-state index contributed by atoms with van der Waals surface area (Å²) in [6, 6.07) is -0.0251. The predicted octanol–water partition coefficient (Wildman–Crippen LogP) is 0.209. The molecular formula is C11H18N4O2S. The summed E-state index contributed by atoms with van der Waals surface area (Å²) in [5.41, 5.74) is 0.466. The molecule has 1 saturated heterocycles. The van der Waals surface area contributed by atoms with Gasteiger partial charge >= 0.3 is 0 Å². The summed E-state index contributed by atoms with van der Waals surface area (Å²) < 4.78 is 27.1. The Morgan fingerprint density at radius 3 is 2.94 bits per heavy atom. The van der Waals surface area contributed by atoms with Crippen LogP contribution >= 0.6 is 0 Å². The SMILES string of the molecule is C[C@H](c1cnccn1)S(=O)(=O)N[C@@H]1CCCNC1. The number of aromatic nitrogens is 2. The van der Waals surface area contributed by atoms with Gasteiger partial charge in [0.15, 0.2) is 0 Å². The molecule has 0 saturated carbocycles. The Morgan fingerprint density at radius 1 is 1.50 bits per heavy atom. The van der Waals surface area contributed by atoms with Crippen LogP contribution in [0.2, 0.25) is 0 Å². The standard InChI is InChI=1S/C11H18N4O2S/c1-9(11-8-13-5-6-14-11)18(16,17)15-10-3-2-4-12-7-10/h5-6,8-10,12,15H,2-4,7H2,1H3/t9-,10-/m1/s1. The van der Waals surface area contributed by atoms with E-state index in [1.54, 1.807) is 6.92 Å². The van der Waals surface area contributed by atoms with Gasteiger partial charge in [-0.1, -0.05) is 0 Å². The van der Waals surface area contributed by atoms with Gasteiger partial charge < -0.3 is 5.32 Å². The van der Waals surface area contributed by atoms with Crippen LogP contribution in [0.3, 0.4) is 0 Å². The van der Waals surface area contributed by atoms with Crippen molar-refractivity contribution in [1.82, 2.24) is 20.0 Å². The Labute approximate surface area is 107 Å². The van der Waals surface area contributed by atoms with Gasteiger partial charge in [0, 0.05) is 31.2 Å². The minimum absolute atomic E-state index is 0.0251. The number of hydrogen-bond donors (Lipinski definition) is 2. The molecule has 0 radical (unpaired) electrons. The molecule has 6 nitrogen and oxygen atoms in total. The Bertz CT molecular complexity index is 471. The average Bonchev–Trinajstić information content (AvgIpc) is 2.39. The maximum absolute atomic E-state index is 12.2. The van der Waals surface area contributed by atoms with E-state index < -0.39 is 15.3 Å². The molecule has 1 fully saturated rings. The zero-order valence-electron chi connectivity index (χ0n) is 10.3. The van der Waals surface area contributed by atoms with Gasteiger partial charge in [-0.15, -0.1) is 0 Å². The fourth-order valence-corrected chi connectivity index (χ4v) is 3.28. The van der Waals surface area contributed by atoms with E-state index in [0.717, 1.165) is 19.4 Å². The molecule has 0 amide bonds. The molecule has 0 bridgehead atoms. The van der Waals surface area contributed by atoms with Crippen LogP contribution in [0.15, 0.2) is 18.6 Å². The summed E-state index contributed by atoms with van der Waals surface area (Å²) in [7, 11) is -3.41. The molecule has 1 aromatic rings. The van der Waals surface area contributed by atoms with Crippen LogP contribution < -0.4 is 10.0 Å². The van der Waals surface area contributed by atoms with Crippen molar-refractivity contribution in [3.63, 3.8) is 0 Å². The summed E-state index contributed by atoms with van der Waals surface area (Å²) >= 11 is 0. The lowest BCUT2D eigenvalue weighted by molar-refractivity contribution is 0.427. The van der Waals surface area contributed by atoms with E-state index in [-0.39, 0.29) is 6.04 Å². The van der Waals surface area contributed by atoms with E-state index in [1.165, 1.54) is 18.6 Å². The van der Waals surface area contributed by atoms with Gasteiger partial charge in [0.1, 0.15) is 5.25 Å². The highest BCUT2D eigenvalue weighted by atomic mass is 32.2. The quantitative estimate of drug-likeness (QED) is 0.817. The molecule has 0 aliphatic carbocycles. The molecule has 7 heteroatoms. The number of sulfonamides is 1. The first-order valence-electron chi connectivity index (χ1n) is 6.07. The van der Waals surface area contributed by atoms with Gasteiger partial charge in [-0.25, -0.2) is 13.1 Å². The third kappa shape index (κ3) is 3.24. The predicted molar refractivity (Wildman–Crippen MR) is 68.4 cm³/mol. The number of nitrogens with one attached hydrogen (secondary N) is 2. The van der Waals surface area contributed by atoms with Gasteiger partial charge in [-0.2, -0.15) is 0 Å². The second-order valence-electron chi connectivity index (χ2n) is 4.48. The van der Waals surface area contributed by atoms with Gasteiger partial charge in [0.25, 0.3) is 0 Å². The molecule has 18 heavy (non-hydrogen) atoms. The highest BCUT2D eigenvalue weighted by Gasteiger charge is 2.27. The fraction of sp³-hybridized carbons (Fsp3) is 0.636. The van der Waals surface area contributed by atoms with Crippen LogP contribution in [0.4, 0.5) is 0 Å². The third-order valence-corrected chi connectivity index (χ3v) is 4.93. The molecule has 1 aromatic heterocycles. The highest BCUT2D eigenvalue weighted by Crippen LogP contribution is 2.18. The van der Waals surface area contributed by atoms with Crippen molar-refractivity contribution in [2.45, 2.75) is 31.1 Å². The molecule has 1 aliphatic heterocycles. The van der Waals surface area contributed by atoms with Crippen LogP contribution in [-0.2, 0) is 10.0 Å². The maximum atomic E-state index is 12.2. The van der Waals surface area contributed by atoms with E-state index in [4.69, 9.17) is 0 Å². The normalized spacial score (nSPS) is 22.6. The number of rotatable bonds is 4. The van der Waals surface area contributed by atoms with Crippen LogP contribution in [0.1, 0.15) is 30.7 Å². The van der Waals surface area contributed by atoms with Crippen molar-refractivity contribution >= 4 is 10.0 Å². The second-order valence-corrected chi connectivity index (χ2v) is 6.51. The Kier molecular flexibility index (Phi) is 4.26. The summed E-state index contributed by atoms with van der Waals surface area (Å²) in [4.78, 5) is 7.94. The molecule has 2 atom stereocenters. The Hall–Kier alpha value is -1.05. The molecule has 0 aromatic carbocycles. The Morgan fingerprint density at radius 2 is 2.33 bits per heavy atom. The lowest BCUT2D eigenvalue weighted by Gasteiger charge is -2.25. The van der Waals surface area contributed by atoms with E-state index in [2.05, 4.69) is 20.0 Å². The van der Waals surface area contributed by atoms with Crippen LogP contribution in [0.25, 0.3) is 0 Å². The first-order valence-corrected chi connectivity index (χ1v) is 7.62. The molecule has 2 N–H and O–H groups in total. The van der Waals surface area contributed by atoms with Crippen molar-refractivity contribution < 1.29 is 8.42 Å². The zero-order chi connectivity index (χ0) is 13.0. The summed E-state index contributed by atoms with van der Waals surface area (Å²) in [5, 5.41) is 2.49. The van der Waals surface area contributed by atoms with E-state index >= 15 is 0 Å². The van der Waals surface area contributed by atoms with Gasteiger partial charge in [0.2, 0.25) is 10.0 Å². The molecule has 0 spiro atoms. The van der Waals surface area contributed by atoms with Crippen molar-refractivity contribution in [2.24, 2.45) is 0 Å². The average molecular weight is 270 g/mol. The molecule has 2 heterocycles. The van der Waals surface area contributed by atoms with Crippen molar-refractivity contribution in [1.29, 1.82) is 0 Å². The first kappa shape index (κ1) is 13.4. The maximum Gasteiger partial charge on any atom is 0.220 e. The number of piperidine rings is 1. The lowest BCUT2D eigenvalue weighted by Crippen LogP contribution is -2.46. The number of nitrogens with zero attached hydrogens (tertiary/aromatic N) is 2. The summed E-state index contributed by atoms with van der Waals surface area (Å²) in [6.45, 7) is 3.27. The number of hydrogen-bond acceptors (Lipinski definition) is 5. The highest BCUT2D eigenvalue weighted by molar-refractivity contribution is 7.89. The van der Waals surface area contributed by atoms with Crippen molar-refractivity contribution in [3.05, 3.63) is 24.3 Å². The summed E-state index contributed by atoms with van der Waals surface area (Å²) in [6.07, 6.45) is 6.39. The van der Waals surface area contributed by atoms with Gasteiger partial charge in [-0.3, -0.25) is 9.97 Å². The molecule has 100 valence electrons. The summed E-state index contributed by atoms with van der Waals surface area (Å²) in [5.74, 6) is 0. The van der Waals surface area contributed by atoms with Gasteiger partial charge in [-0.05, 0) is 26.3 Å². The minimum Gasteiger partial charge on any atom is -0.315 e. The second kappa shape index (κ2) is 5.73. The van der Waals surface area contributed by atoms with Crippen LogP contribution in [0, 0.1) is 0 Å². The minimum atomic E-state index is -3.41. The monoisotopic (exact) mass is 270 g/mol. The Balaban J connectivity index is 2.06. The van der Waals surface area contributed by atoms with Crippen molar-refractivity contribution in [3.8, 4) is 0 Å². The topological polar surface area (TPSA) is 84.0 Å².